The van der Waals surface area contributed by atoms with Crippen molar-refractivity contribution in [2.45, 2.75) is 25.3 Å². The minimum atomic E-state index is 0.165. The Balaban J connectivity index is 1.76. The molecule has 0 saturated carbocycles. The normalized spacial score (nSPS) is 23.8. The topological polar surface area (TPSA) is 21.3 Å². The first-order chi connectivity index (χ1) is 12.1. The van der Waals surface area contributed by atoms with Gasteiger partial charge >= 0.3 is 0 Å². The highest BCUT2D eigenvalue weighted by Crippen LogP contribution is 2.55. The van der Waals surface area contributed by atoms with Crippen LogP contribution in [-0.4, -0.2) is 6.61 Å². The molecule has 0 saturated heterocycles. The van der Waals surface area contributed by atoms with E-state index >= 15 is 0 Å². The monoisotopic (exact) mass is 393 g/mol. The second-order valence-electron chi connectivity index (χ2n) is 6.42. The van der Waals surface area contributed by atoms with E-state index in [-0.39, 0.29) is 12.0 Å². The van der Waals surface area contributed by atoms with Crippen LogP contribution in [0.15, 0.2) is 42.5 Å². The van der Waals surface area contributed by atoms with Gasteiger partial charge in [0.1, 0.15) is 5.75 Å². The van der Waals surface area contributed by atoms with E-state index in [4.69, 9.17) is 39.5 Å². The zero-order valence-electron chi connectivity index (χ0n) is 13.7. The molecule has 1 aliphatic heterocycles. The third-order valence-corrected chi connectivity index (χ3v) is 6.13. The van der Waals surface area contributed by atoms with Gasteiger partial charge < -0.3 is 10.1 Å². The third kappa shape index (κ3) is 2.91. The van der Waals surface area contributed by atoms with Crippen LogP contribution in [0.25, 0.3) is 0 Å². The van der Waals surface area contributed by atoms with Crippen LogP contribution in [0.5, 0.6) is 5.75 Å². The highest BCUT2D eigenvalue weighted by Gasteiger charge is 2.40. The molecule has 130 valence electrons. The first kappa shape index (κ1) is 17.1. The van der Waals surface area contributed by atoms with Gasteiger partial charge in [-0.25, -0.2) is 0 Å². The van der Waals surface area contributed by atoms with Crippen LogP contribution in [0.1, 0.15) is 36.4 Å². The number of anilines is 1. The molecule has 2 aliphatic rings. The second-order valence-corrected chi connectivity index (χ2v) is 7.61. The Labute approximate surface area is 162 Å². The fourth-order valence-electron chi connectivity index (χ4n) is 3.93. The second kappa shape index (κ2) is 6.75. The van der Waals surface area contributed by atoms with Crippen molar-refractivity contribution < 1.29 is 4.74 Å². The fourth-order valence-corrected chi connectivity index (χ4v) is 4.74. The molecular formula is C20H18Cl3NO. The number of allylic oxidation sites excluding steroid dienone is 2. The van der Waals surface area contributed by atoms with Crippen molar-refractivity contribution in [3.63, 3.8) is 0 Å². The van der Waals surface area contributed by atoms with Crippen LogP contribution in [0.2, 0.25) is 15.1 Å². The van der Waals surface area contributed by atoms with E-state index in [1.165, 1.54) is 5.56 Å². The zero-order chi connectivity index (χ0) is 17.6. The molecule has 5 heteroatoms. The lowest BCUT2D eigenvalue weighted by Gasteiger charge is -2.38. The lowest BCUT2D eigenvalue weighted by atomic mass is 9.77. The summed E-state index contributed by atoms with van der Waals surface area (Å²) in [4.78, 5) is 0. The summed E-state index contributed by atoms with van der Waals surface area (Å²) in [6.07, 6.45) is 5.44. The molecule has 0 fully saturated rings. The van der Waals surface area contributed by atoms with Gasteiger partial charge in [0, 0.05) is 11.5 Å². The third-order valence-electron chi connectivity index (χ3n) is 5.03. The van der Waals surface area contributed by atoms with Gasteiger partial charge in [-0.1, -0.05) is 59.1 Å². The molecule has 25 heavy (non-hydrogen) atoms. The Kier molecular flexibility index (Phi) is 4.61. The summed E-state index contributed by atoms with van der Waals surface area (Å²) in [5.74, 6) is 1.49. The lowest BCUT2D eigenvalue weighted by Crippen LogP contribution is -2.29. The Hall–Kier alpha value is -1.35. The highest BCUT2D eigenvalue weighted by atomic mass is 35.5. The molecule has 4 rings (SSSR count). The summed E-state index contributed by atoms with van der Waals surface area (Å²) in [5.41, 5.74) is 3.12. The summed E-state index contributed by atoms with van der Waals surface area (Å²) < 4.78 is 5.55. The van der Waals surface area contributed by atoms with Crippen molar-refractivity contribution in [2.75, 3.05) is 11.9 Å². The smallest absolute Gasteiger partial charge is 0.119 e. The van der Waals surface area contributed by atoms with Crippen molar-refractivity contribution in [2.24, 2.45) is 5.92 Å². The van der Waals surface area contributed by atoms with Gasteiger partial charge in [0.25, 0.3) is 0 Å². The molecule has 2 aromatic rings. The van der Waals surface area contributed by atoms with E-state index in [0.29, 0.717) is 27.6 Å². The molecule has 0 bridgehead atoms. The van der Waals surface area contributed by atoms with E-state index < -0.39 is 0 Å². The number of ether oxygens (including phenoxy) is 1. The summed E-state index contributed by atoms with van der Waals surface area (Å²) in [7, 11) is 0. The van der Waals surface area contributed by atoms with Gasteiger partial charge in [0.05, 0.1) is 33.4 Å². The van der Waals surface area contributed by atoms with Crippen LogP contribution in [-0.2, 0) is 0 Å². The molecule has 0 spiro atoms. The number of halogens is 3. The molecule has 0 unspecified atom stereocenters. The van der Waals surface area contributed by atoms with E-state index in [2.05, 4.69) is 29.6 Å². The van der Waals surface area contributed by atoms with E-state index in [9.17, 15) is 0 Å². The minimum Gasteiger partial charge on any atom is -0.494 e. The van der Waals surface area contributed by atoms with Crippen LogP contribution < -0.4 is 10.1 Å². The van der Waals surface area contributed by atoms with Gasteiger partial charge in [0.15, 0.2) is 0 Å². The van der Waals surface area contributed by atoms with Gasteiger partial charge in [-0.05, 0) is 43.0 Å². The maximum absolute atomic E-state index is 6.52. The molecular weight excluding hydrogens is 377 g/mol. The molecule has 3 atom stereocenters. The molecule has 2 aromatic carbocycles. The summed E-state index contributed by atoms with van der Waals surface area (Å²) in [6, 6.07) is 10.2. The fraction of sp³-hybridized carbons (Fsp3) is 0.300. The SMILES string of the molecule is CCOc1ccc([C@@H]2Nc3c(Cl)cc(Cl)c(Cl)c3[C@@H]3C=CC[C@@H]32)cc1. The molecule has 1 N–H and O–H groups in total. The molecule has 0 amide bonds. The summed E-state index contributed by atoms with van der Waals surface area (Å²) in [6.45, 7) is 2.65. The predicted molar refractivity (Wildman–Crippen MR) is 105 cm³/mol. The minimum absolute atomic E-state index is 0.165. The Morgan fingerprint density at radius 2 is 1.88 bits per heavy atom. The van der Waals surface area contributed by atoms with Gasteiger partial charge in [0.2, 0.25) is 0 Å². The number of hydrogen-bond donors (Lipinski definition) is 1. The van der Waals surface area contributed by atoms with Gasteiger partial charge in [-0.2, -0.15) is 0 Å². The summed E-state index contributed by atoms with van der Waals surface area (Å²) >= 11 is 19.3. The van der Waals surface area contributed by atoms with Gasteiger partial charge in [-0.15, -0.1) is 0 Å². The van der Waals surface area contributed by atoms with Crippen molar-refractivity contribution in [3.05, 3.63) is 68.7 Å². The maximum Gasteiger partial charge on any atom is 0.119 e. The maximum atomic E-state index is 6.52. The number of fused-ring (bicyclic) bond motifs is 3. The first-order valence-corrected chi connectivity index (χ1v) is 9.57. The molecule has 1 aliphatic carbocycles. The van der Waals surface area contributed by atoms with E-state index in [1.807, 2.05) is 19.1 Å². The zero-order valence-corrected chi connectivity index (χ0v) is 16.0. The van der Waals surface area contributed by atoms with Crippen molar-refractivity contribution in [3.8, 4) is 5.75 Å². The molecule has 0 aromatic heterocycles. The number of nitrogens with one attached hydrogen (secondary N) is 1. The predicted octanol–water partition coefficient (Wildman–Crippen LogP) is 6.87. The molecule has 1 heterocycles. The standard InChI is InChI=1S/C20H18Cl3NO/c1-2-25-12-8-6-11(7-9-12)19-14-5-3-4-13(14)17-18(23)15(21)10-16(22)20(17)24-19/h3-4,6-10,13-14,19,24H,2,5H2,1H3/t13-,14+,19+/m1/s1. The van der Waals surface area contributed by atoms with Crippen LogP contribution in [0, 0.1) is 5.92 Å². The lowest BCUT2D eigenvalue weighted by molar-refractivity contribution is 0.340. The molecule has 2 nitrogen and oxygen atoms in total. The van der Waals surface area contributed by atoms with Crippen LogP contribution in [0.4, 0.5) is 5.69 Å². The van der Waals surface area contributed by atoms with Crippen molar-refractivity contribution in [1.82, 2.24) is 0 Å². The number of benzene rings is 2. The van der Waals surface area contributed by atoms with Gasteiger partial charge in [-0.3, -0.25) is 0 Å². The first-order valence-electron chi connectivity index (χ1n) is 8.43. The average molecular weight is 395 g/mol. The van der Waals surface area contributed by atoms with Crippen LogP contribution in [0.3, 0.4) is 0 Å². The number of rotatable bonds is 3. The van der Waals surface area contributed by atoms with Crippen molar-refractivity contribution >= 4 is 40.5 Å². The van der Waals surface area contributed by atoms with E-state index in [1.54, 1.807) is 6.07 Å². The number of hydrogen-bond acceptors (Lipinski definition) is 2. The Morgan fingerprint density at radius 3 is 2.60 bits per heavy atom. The largest absolute Gasteiger partial charge is 0.494 e. The van der Waals surface area contributed by atoms with E-state index in [0.717, 1.165) is 23.4 Å². The molecule has 0 radical (unpaired) electrons. The quantitative estimate of drug-likeness (QED) is 0.453. The average Bonchev–Trinajstić information content (AvgIpc) is 3.09. The Bertz CT molecular complexity index is 832. The van der Waals surface area contributed by atoms with Crippen molar-refractivity contribution in [1.29, 1.82) is 0 Å². The van der Waals surface area contributed by atoms with Crippen LogP contribution >= 0.6 is 34.8 Å². The Morgan fingerprint density at radius 1 is 1.12 bits per heavy atom. The highest BCUT2D eigenvalue weighted by molar-refractivity contribution is 6.44. The summed E-state index contributed by atoms with van der Waals surface area (Å²) in [5, 5.41) is 5.33.